The van der Waals surface area contributed by atoms with Crippen molar-refractivity contribution in [3.05, 3.63) is 42.3 Å². The predicted molar refractivity (Wildman–Crippen MR) is 68.5 cm³/mol. The molecule has 4 nitrogen and oxygen atoms in total. The summed E-state index contributed by atoms with van der Waals surface area (Å²) in [6.45, 7) is 1.84. The number of aryl methyl sites for hydroxylation is 1. The van der Waals surface area contributed by atoms with Crippen LogP contribution < -0.4 is 10.1 Å². The number of aromatic nitrogens is 1. The minimum absolute atomic E-state index is 0.657. The second kappa shape index (κ2) is 3.26. The van der Waals surface area contributed by atoms with Crippen molar-refractivity contribution in [2.24, 2.45) is 0 Å². The lowest BCUT2D eigenvalue weighted by Gasteiger charge is -2.21. The number of fused-ring (bicyclic) bond motifs is 3. The van der Waals surface area contributed by atoms with E-state index in [2.05, 4.69) is 10.3 Å². The summed E-state index contributed by atoms with van der Waals surface area (Å²) in [4.78, 5) is 4.32. The number of hydrogen-bond acceptors (Lipinski definition) is 4. The molecule has 1 aliphatic rings. The van der Waals surface area contributed by atoms with Gasteiger partial charge in [0.1, 0.15) is 5.52 Å². The summed E-state index contributed by atoms with van der Waals surface area (Å²) in [6, 6.07) is 11.6. The van der Waals surface area contributed by atoms with Crippen molar-refractivity contribution in [3.63, 3.8) is 0 Å². The fourth-order valence-corrected chi connectivity index (χ4v) is 2.18. The molecule has 0 spiro atoms. The summed E-state index contributed by atoms with van der Waals surface area (Å²) in [5.41, 5.74) is 3.45. The monoisotopic (exact) mass is 238 g/mol. The van der Waals surface area contributed by atoms with Crippen LogP contribution in [0.1, 0.15) is 5.89 Å². The Morgan fingerprint density at radius 3 is 2.89 bits per heavy atom. The highest BCUT2D eigenvalue weighted by Gasteiger charge is 2.18. The number of ether oxygens (including phenoxy) is 1. The van der Waals surface area contributed by atoms with Crippen LogP contribution in [0, 0.1) is 6.92 Å². The SMILES string of the molecule is Cc1nc2cc3c(cc2o1)Oc1ccccc1N3. The first-order valence-corrected chi connectivity index (χ1v) is 5.75. The molecule has 0 aliphatic carbocycles. The van der Waals surface area contributed by atoms with Gasteiger partial charge < -0.3 is 14.5 Å². The molecule has 0 saturated heterocycles. The first-order chi connectivity index (χ1) is 8.79. The van der Waals surface area contributed by atoms with Crippen molar-refractivity contribution < 1.29 is 9.15 Å². The van der Waals surface area contributed by atoms with Crippen molar-refractivity contribution in [2.75, 3.05) is 5.32 Å². The Kier molecular flexibility index (Phi) is 1.73. The molecule has 1 N–H and O–H groups in total. The van der Waals surface area contributed by atoms with Crippen LogP contribution in [0.15, 0.2) is 40.8 Å². The van der Waals surface area contributed by atoms with Gasteiger partial charge in [0.05, 0.1) is 11.4 Å². The van der Waals surface area contributed by atoms with Crippen LogP contribution in [0.4, 0.5) is 11.4 Å². The third-order valence-electron chi connectivity index (χ3n) is 2.97. The van der Waals surface area contributed by atoms with E-state index in [9.17, 15) is 0 Å². The van der Waals surface area contributed by atoms with Crippen LogP contribution in [0.3, 0.4) is 0 Å². The van der Waals surface area contributed by atoms with Crippen LogP contribution in [0.25, 0.3) is 11.1 Å². The standard InChI is InChI=1S/C14H10N2O2/c1-8-15-10-6-11-14(7-13(10)17-8)18-12-5-3-2-4-9(12)16-11/h2-7,16H,1H3. The Balaban J connectivity index is 1.92. The summed E-state index contributed by atoms with van der Waals surface area (Å²) in [7, 11) is 0. The minimum atomic E-state index is 0.657. The molecule has 0 bridgehead atoms. The van der Waals surface area contributed by atoms with Gasteiger partial charge in [0.15, 0.2) is 23.0 Å². The second-order valence-corrected chi connectivity index (χ2v) is 4.27. The van der Waals surface area contributed by atoms with Gasteiger partial charge in [-0.25, -0.2) is 4.98 Å². The Labute approximate surface area is 103 Å². The first-order valence-electron chi connectivity index (χ1n) is 5.75. The van der Waals surface area contributed by atoms with Gasteiger partial charge in [-0.2, -0.15) is 0 Å². The van der Waals surface area contributed by atoms with Crippen LogP contribution in [0.2, 0.25) is 0 Å². The largest absolute Gasteiger partial charge is 0.453 e. The van der Waals surface area contributed by atoms with E-state index in [1.54, 1.807) is 0 Å². The topological polar surface area (TPSA) is 47.3 Å². The van der Waals surface area contributed by atoms with Gasteiger partial charge in [-0.3, -0.25) is 0 Å². The zero-order chi connectivity index (χ0) is 12.1. The zero-order valence-electron chi connectivity index (χ0n) is 9.73. The summed E-state index contributed by atoms with van der Waals surface area (Å²) in [5, 5.41) is 3.34. The predicted octanol–water partition coefficient (Wildman–Crippen LogP) is 3.99. The first kappa shape index (κ1) is 9.53. The Morgan fingerprint density at radius 2 is 1.94 bits per heavy atom. The van der Waals surface area contributed by atoms with E-state index in [1.165, 1.54) is 0 Å². The smallest absolute Gasteiger partial charge is 0.192 e. The number of nitrogens with zero attached hydrogens (tertiary/aromatic N) is 1. The molecule has 2 heterocycles. The maximum Gasteiger partial charge on any atom is 0.192 e. The number of para-hydroxylation sites is 2. The van der Waals surface area contributed by atoms with Crippen LogP contribution in [-0.2, 0) is 0 Å². The number of oxazole rings is 1. The molecular weight excluding hydrogens is 228 g/mol. The maximum atomic E-state index is 5.84. The molecule has 0 radical (unpaired) electrons. The summed E-state index contributed by atoms with van der Waals surface area (Å²) < 4.78 is 11.3. The average molecular weight is 238 g/mol. The minimum Gasteiger partial charge on any atom is -0.453 e. The highest BCUT2D eigenvalue weighted by Crippen LogP contribution is 2.43. The van der Waals surface area contributed by atoms with Crippen molar-refractivity contribution in [3.8, 4) is 11.5 Å². The molecule has 3 aromatic rings. The number of anilines is 2. The third-order valence-corrected chi connectivity index (χ3v) is 2.97. The fourth-order valence-electron chi connectivity index (χ4n) is 2.18. The molecule has 88 valence electrons. The maximum absolute atomic E-state index is 5.84. The van der Waals surface area contributed by atoms with Gasteiger partial charge in [0, 0.05) is 13.0 Å². The van der Waals surface area contributed by atoms with Gasteiger partial charge in [-0.15, -0.1) is 0 Å². The summed E-state index contributed by atoms with van der Waals surface area (Å²) in [6.07, 6.45) is 0. The summed E-state index contributed by atoms with van der Waals surface area (Å²) >= 11 is 0. The van der Waals surface area contributed by atoms with Crippen molar-refractivity contribution in [2.45, 2.75) is 6.92 Å². The van der Waals surface area contributed by atoms with E-state index in [0.717, 1.165) is 34.0 Å². The molecule has 2 aromatic carbocycles. The van der Waals surface area contributed by atoms with Crippen LogP contribution >= 0.6 is 0 Å². The van der Waals surface area contributed by atoms with E-state index in [1.807, 2.05) is 43.3 Å². The van der Waals surface area contributed by atoms with Crippen molar-refractivity contribution in [1.29, 1.82) is 0 Å². The average Bonchev–Trinajstić information content (AvgIpc) is 2.72. The van der Waals surface area contributed by atoms with Gasteiger partial charge in [-0.05, 0) is 18.2 Å². The van der Waals surface area contributed by atoms with Crippen LogP contribution in [-0.4, -0.2) is 4.98 Å². The molecule has 0 amide bonds. The second-order valence-electron chi connectivity index (χ2n) is 4.27. The van der Waals surface area contributed by atoms with Crippen LogP contribution in [0.5, 0.6) is 11.5 Å². The van der Waals surface area contributed by atoms with E-state index in [-0.39, 0.29) is 0 Å². The number of hydrogen-bond donors (Lipinski definition) is 1. The van der Waals surface area contributed by atoms with E-state index >= 15 is 0 Å². The highest BCUT2D eigenvalue weighted by atomic mass is 16.5. The summed E-state index contributed by atoms with van der Waals surface area (Å²) in [5.74, 6) is 2.24. The Bertz CT molecular complexity index is 700. The number of rotatable bonds is 0. The molecule has 1 aliphatic heterocycles. The van der Waals surface area contributed by atoms with E-state index in [4.69, 9.17) is 9.15 Å². The van der Waals surface area contributed by atoms with Crippen molar-refractivity contribution in [1.82, 2.24) is 4.98 Å². The van der Waals surface area contributed by atoms with E-state index in [0.29, 0.717) is 5.89 Å². The van der Waals surface area contributed by atoms with Crippen molar-refractivity contribution >= 4 is 22.5 Å². The lowest BCUT2D eigenvalue weighted by atomic mass is 10.2. The Hall–Kier alpha value is -2.49. The third kappa shape index (κ3) is 1.29. The fraction of sp³-hybridized carbons (Fsp3) is 0.0714. The molecule has 18 heavy (non-hydrogen) atoms. The number of benzene rings is 2. The molecule has 4 heteroatoms. The van der Waals surface area contributed by atoms with E-state index < -0.39 is 0 Å². The molecule has 0 saturated carbocycles. The normalized spacial score (nSPS) is 12.5. The zero-order valence-corrected chi connectivity index (χ0v) is 9.73. The molecular formula is C14H10N2O2. The molecule has 1 aromatic heterocycles. The molecule has 4 rings (SSSR count). The van der Waals surface area contributed by atoms with Gasteiger partial charge in [-0.1, -0.05) is 12.1 Å². The molecule has 0 unspecified atom stereocenters. The lowest BCUT2D eigenvalue weighted by Crippen LogP contribution is -2.02. The van der Waals surface area contributed by atoms with Gasteiger partial charge >= 0.3 is 0 Å². The molecule has 0 atom stereocenters. The Morgan fingerprint density at radius 1 is 1.06 bits per heavy atom. The van der Waals surface area contributed by atoms with Gasteiger partial charge in [0.25, 0.3) is 0 Å². The number of nitrogens with one attached hydrogen (secondary N) is 1. The quantitative estimate of drug-likeness (QED) is 0.503. The molecule has 0 fully saturated rings. The lowest BCUT2D eigenvalue weighted by molar-refractivity contribution is 0.479. The highest BCUT2D eigenvalue weighted by molar-refractivity contribution is 5.86. The van der Waals surface area contributed by atoms with Gasteiger partial charge in [0.2, 0.25) is 0 Å².